The minimum atomic E-state index is -3.02. The van der Waals surface area contributed by atoms with Gasteiger partial charge >= 0.3 is 0 Å². The van der Waals surface area contributed by atoms with E-state index in [0.29, 0.717) is 18.9 Å². The molecule has 4 rings (SSSR count). The molecule has 1 aliphatic rings. The number of fused-ring (bicyclic) bond motifs is 1. The highest BCUT2D eigenvalue weighted by molar-refractivity contribution is 5.79. The number of alkyl halides is 2. The maximum absolute atomic E-state index is 14.3. The summed E-state index contributed by atoms with van der Waals surface area (Å²) in [4.78, 5) is 9.27. The molecule has 2 aromatic carbocycles. The van der Waals surface area contributed by atoms with E-state index in [2.05, 4.69) is 9.97 Å². The van der Waals surface area contributed by atoms with Gasteiger partial charge in [0.1, 0.15) is 6.73 Å². The fourth-order valence-electron chi connectivity index (χ4n) is 3.12. The van der Waals surface area contributed by atoms with Gasteiger partial charge in [0.15, 0.2) is 18.2 Å². The normalized spacial score (nSPS) is 17.6. The molecule has 2 heterocycles. The molecule has 0 aliphatic carbocycles. The first kappa shape index (κ1) is 17.7. The molecule has 1 aliphatic heterocycles. The van der Waals surface area contributed by atoms with Crippen LogP contribution < -0.4 is 9.64 Å². The number of ether oxygens (including phenoxy) is 2. The minimum Gasteiger partial charge on any atom is -0.484 e. The van der Waals surface area contributed by atoms with Crippen molar-refractivity contribution in [1.29, 1.82) is 0 Å². The third-order valence-electron chi connectivity index (χ3n) is 4.44. The van der Waals surface area contributed by atoms with Gasteiger partial charge in [-0.05, 0) is 35.9 Å². The zero-order valence-corrected chi connectivity index (χ0v) is 14.6. The number of nitrogens with zero attached hydrogens (tertiary/aromatic N) is 2. The number of hydrogen-bond acceptors (Lipinski definition) is 4. The monoisotopic (exact) mass is 377 g/mol. The van der Waals surface area contributed by atoms with Gasteiger partial charge in [-0.1, -0.05) is 6.07 Å². The summed E-state index contributed by atoms with van der Waals surface area (Å²) in [5.74, 6) is -3.88. The quantitative estimate of drug-likeness (QED) is 0.721. The van der Waals surface area contributed by atoms with Gasteiger partial charge in [0.25, 0.3) is 5.92 Å². The predicted octanol–water partition coefficient (Wildman–Crippen LogP) is 4.27. The molecule has 0 spiro atoms. The summed E-state index contributed by atoms with van der Waals surface area (Å²) < 4.78 is 50.6. The lowest BCUT2D eigenvalue weighted by molar-refractivity contribution is -0.0239. The minimum absolute atomic E-state index is 0.190. The molecule has 5 nitrogen and oxygen atoms in total. The van der Waals surface area contributed by atoms with Gasteiger partial charge in [0.2, 0.25) is 0 Å². The average molecular weight is 377 g/mol. The van der Waals surface area contributed by atoms with Crippen molar-refractivity contribution in [2.75, 3.05) is 24.8 Å². The van der Waals surface area contributed by atoms with Crippen LogP contribution in [0, 0.1) is 5.82 Å². The van der Waals surface area contributed by atoms with Gasteiger partial charge in [0.05, 0.1) is 30.0 Å². The van der Waals surface area contributed by atoms with Gasteiger partial charge in [-0.15, -0.1) is 0 Å². The van der Waals surface area contributed by atoms with E-state index in [-0.39, 0.29) is 11.8 Å². The highest BCUT2D eigenvalue weighted by Crippen LogP contribution is 2.34. The Hall–Kier alpha value is -2.74. The fourth-order valence-corrected chi connectivity index (χ4v) is 3.12. The first-order valence-corrected chi connectivity index (χ1v) is 8.48. The van der Waals surface area contributed by atoms with Crippen molar-refractivity contribution in [3.05, 3.63) is 54.1 Å². The molecule has 27 heavy (non-hydrogen) atoms. The molecule has 1 saturated heterocycles. The maximum Gasteiger partial charge on any atom is 0.278 e. The molecule has 1 atom stereocenters. The third kappa shape index (κ3) is 3.71. The van der Waals surface area contributed by atoms with Crippen LogP contribution in [0.5, 0.6) is 5.75 Å². The van der Waals surface area contributed by atoms with Crippen molar-refractivity contribution < 1.29 is 22.6 Å². The van der Waals surface area contributed by atoms with Crippen molar-refractivity contribution in [2.45, 2.75) is 18.9 Å². The van der Waals surface area contributed by atoms with Crippen LogP contribution in [0.2, 0.25) is 0 Å². The number of halogens is 3. The van der Waals surface area contributed by atoms with E-state index in [1.165, 1.54) is 12.1 Å². The summed E-state index contributed by atoms with van der Waals surface area (Å²) in [6.07, 6.45) is 1.63. The second-order valence-electron chi connectivity index (χ2n) is 6.64. The van der Waals surface area contributed by atoms with Crippen molar-refractivity contribution in [2.24, 2.45) is 0 Å². The smallest absolute Gasteiger partial charge is 0.278 e. The summed E-state index contributed by atoms with van der Waals surface area (Å²) in [5.41, 5.74) is 3.36. The van der Waals surface area contributed by atoms with Gasteiger partial charge in [0, 0.05) is 12.6 Å². The molecule has 0 radical (unpaired) electrons. The van der Waals surface area contributed by atoms with Crippen LogP contribution in [0.25, 0.3) is 11.0 Å². The predicted molar refractivity (Wildman–Crippen MR) is 94.6 cm³/mol. The van der Waals surface area contributed by atoms with Gasteiger partial charge in [-0.2, -0.15) is 0 Å². The second kappa shape index (κ2) is 6.77. The molecule has 1 fully saturated rings. The molecule has 0 bridgehead atoms. The van der Waals surface area contributed by atoms with Crippen molar-refractivity contribution in [1.82, 2.24) is 9.97 Å². The van der Waals surface area contributed by atoms with Crippen molar-refractivity contribution in [3.8, 4) is 5.75 Å². The second-order valence-corrected chi connectivity index (χ2v) is 6.64. The van der Waals surface area contributed by atoms with Crippen LogP contribution in [-0.4, -0.2) is 35.8 Å². The fraction of sp³-hybridized carbons (Fsp3) is 0.316. The Morgan fingerprint density at radius 3 is 2.93 bits per heavy atom. The number of anilines is 1. The van der Waals surface area contributed by atoms with E-state index in [1.807, 2.05) is 23.1 Å². The van der Waals surface area contributed by atoms with E-state index in [0.717, 1.165) is 23.6 Å². The summed E-state index contributed by atoms with van der Waals surface area (Å²) >= 11 is 0. The molecule has 142 valence electrons. The average Bonchev–Trinajstić information content (AvgIpc) is 3.28. The molecular formula is C19H18F3N3O2. The van der Waals surface area contributed by atoms with Crippen LogP contribution in [0.1, 0.15) is 18.5 Å². The highest BCUT2D eigenvalue weighted by Gasteiger charge is 2.29. The van der Waals surface area contributed by atoms with Crippen LogP contribution in [0.3, 0.4) is 0 Å². The van der Waals surface area contributed by atoms with E-state index < -0.39 is 18.3 Å². The zero-order chi connectivity index (χ0) is 19.0. The number of aromatic amines is 1. The Balaban J connectivity index is 1.57. The number of aromatic nitrogens is 2. The molecule has 1 N–H and O–H groups in total. The molecule has 1 aromatic heterocycles. The lowest BCUT2D eigenvalue weighted by Crippen LogP contribution is -2.24. The molecule has 8 heteroatoms. The SMILES string of the molecule is CC(F)(F)COc1ccc([C@H]2COCN2c2ccc3nc[nH]c3c2)cc1F. The topological polar surface area (TPSA) is 50.4 Å². The standard InChI is InChI=1S/C19H18F3N3O2/c1-19(21,22)9-27-18-5-2-12(6-14(18)20)17-8-26-11-25(17)13-3-4-15-16(7-13)24-10-23-15/h2-7,10,17H,8-9,11H2,1H3,(H,23,24)/t17-/m1/s1. The van der Waals surface area contributed by atoms with Crippen molar-refractivity contribution in [3.63, 3.8) is 0 Å². The Morgan fingerprint density at radius 2 is 2.15 bits per heavy atom. The van der Waals surface area contributed by atoms with E-state index in [4.69, 9.17) is 9.47 Å². The van der Waals surface area contributed by atoms with Gasteiger partial charge in [-0.25, -0.2) is 18.2 Å². The third-order valence-corrected chi connectivity index (χ3v) is 4.44. The van der Waals surface area contributed by atoms with Crippen LogP contribution in [-0.2, 0) is 4.74 Å². The number of benzene rings is 2. The van der Waals surface area contributed by atoms with Gasteiger partial charge in [-0.3, -0.25) is 0 Å². The summed E-state index contributed by atoms with van der Waals surface area (Å²) in [6, 6.07) is 9.96. The Morgan fingerprint density at radius 1 is 1.30 bits per heavy atom. The number of imidazole rings is 1. The van der Waals surface area contributed by atoms with Crippen LogP contribution in [0.15, 0.2) is 42.7 Å². The molecular weight excluding hydrogens is 359 g/mol. The summed E-state index contributed by atoms with van der Waals surface area (Å²) in [6.45, 7) is 0.621. The van der Waals surface area contributed by atoms with E-state index in [9.17, 15) is 13.2 Å². The lowest BCUT2D eigenvalue weighted by Gasteiger charge is -2.25. The number of hydrogen-bond donors (Lipinski definition) is 1. The largest absolute Gasteiger partial charge is 0.484 e. The Labute approximate surface area is 153 Å². The Bertz CT molecular complexity index is 955. The Kier molecular flexibility index (Phi) is 4.43. The number of rotatable bonds is 5. The number of nitrogens with one attached hydrogen (secondary N) is 1. The van der Waals surface area contributed by atoms with E-state index >= 15 is 0 Å². The molecule has 0 amide bonds. The van der Waals surface area contributed by atoms with Crippen LogP contribution in [0.4, 0.5) is 18.9 Å². The van der Waals surface area contributed by atoms with Gasteiger partial charge < -0.3 is 19.4 Å². The van der Waals surface area contributed by atoms with Crippen LogP contribution >= 0.6 is 0 Å². The molecule has 0 saturated carbocycles. The summed E-state index contributed by atoms with van der Waals surface area (Å²) in [7, 11) is 0. The molecule has 3 aromatic rings. The highest BCUT2D eigenvalue weighted by atomic mass is 19.3. The molecule has 0 unspecified atom stereocenters. The summed E-state index contributed by atoms with van der Waals surface area (Å²) in [5, 5.41) is 0. The zero-order valence-electron chi connectivity index (χ0n) is 14.6. The van der Waals surface area contributed by atoms with E-state index in [1.54, 1.807) is 12.4 Å². The first-order chi connectivity index (χ1) is 12.9. The maximum atomic E-state index is 14.3. The number of H-pyrrole nitrogens is 1. The first-order valence-electron chi connectivity index (χ1n) is 8.48. The van der Waals surface area contributed by atoms with Crippen molar-refractivity contribution >= 4 is 16.7 Å². The lowest BCUT2D eigenvalue weighted by atomic mass is 10.1.